The normalized spacial score (nSPS) is 15.9. The molecule has 1 N–H and O–H groups in total. The number of rotatable bonds is 2. The fraction of sp³-hybridized carbons (Fsp3) is 0.467. The number of aromatic nitrogens is 1. The van der Waals surface area contributed by atoms with Crippen molar-refractivity contribution in [2.24, 2.45) is 0 Å². The summed E-state index contributed by atoms with van der Waals surface area (Å²) >= 11 is 0.905. The SMILES string of the molecule is CNC(=O)c1csc2c(C(F)(F)F)cc(N3CCCCC3)nc12. The van der Waals surface area contributed by atoms with Crippen LogP contribution in [0.1, 0.15) is 35.2 Å². The quantitative estimate of drug-likeness (QED) is 0.905. The van der Waals surface area contributed by atoms with Gasteiger partial charge < -0.3 is 10.2 Å². The first-order chi connectivity index (χ1) is 10.9. The second-order valence-electron chi connectivity index (χ2n) is 5.48. The standard InChI is InChI=1S/C15H16F3N3OS/c1-19-14(22)9-8-23-13-10(15(16,17)18)7-11(20-12(9)13)21-5-3-2-4-6-21/h7-8H,2-6H2,1H3,(H,19,22). The average molecular weight is 343 g/mol. The third-order valence-corrected chi connectivity index (χ3v) is 4.97. The van der Waals surface area contributed by atoms with Crippen molar-refractivity contribution in [1.29, 1.82) is 0 Å². The maximum atomic E-state index is 13.4. The van der Waals surface area contributed by atoms with Gasteiger partial charge in [0.15, 0.2) is 0 Å². The molecule has 8 heteroatoms. The third kappa shape index (κ3) is 2.99. The van der Waals surface area contributed by atoms with Crippen molar-refractivity contribution < 1.29 is 18.0 Å². The minimum Gasteiger partial charge on any atom is -0.357 e. The molecule has 0 aliphatic carbocycles. The first kappa shape index (κ1) is 16.0. The Kier molecular flexibility index (Phi) is 4.18. The minimum atomic E-state index is -4.48. The molecule has 1 amide bonds. The van der Waals surface area contributed by atoms with Crippen LogP contribution in [0, 0.1) is 0 Å². The number of thiophene rings is 1. The highest BCUT2D eigenvalue weighted by Gasteiger charge is 2.35. The van der Waals surface area contributed by atoms with Crippen LogP contribution in [0.4, 0.5) is 19.0 Å². The lowest BCUT2D eigenvalue weighted by atomic mass is 10.1. The largest absolute Gasteiger partial charge is 0.417 e. The molecule has 3 rings (SSSR count). The number of pyridine rings is 1. The predicted octanol–water partition coefficient (Wildman–Crippen LogP) is 3.67. The van der Waals surface area contributed by atoms with E-state index >= 15 is 0 Å². The van der Waals surface area contributed by atoms with Crippen molar-refractivity contribution in [3.05, 3.63) is 22.6 Å². The second-order valence-corrected chi connectivity index (χ2v) is 6.36. The summed E-state index contributed by atoms with van der Waals surface area (Å²) in [7, 11) is 1.45. The lowest BCUT2D eigenvalue weighted by Crippen LogP contribution is -2.30. The number of nitrogens with zero attached hydrogens (tertiary/aromatic N) is 2. The molecule has 0 bridgehead atoms. The summed E-state index contributed by atoms with van der Waals surface area (Å²) in [5.74, 6) is -0.124. The van der Waals surface area contributed by atoms with E-state index in [1.807, 2.05) is 4.90 Å². The first-order valence-corrected chi connectivity index (χ1v) is 8.26. The molecule has 1 aliphatic heterocycles. The third-order valence-electron chi connectivity index (χ3n) is 3.97. The zero-order valence-corrected chi connectivity index (χ0v) is 13.4. The Morgan fingerprint density at radius 2 is 2.00 bits per heavy atom. The van der Waals surface area contributed by atoms with Crippen LogP contribution in [0.3, 0.4) is 0 Å². The van der Waals surface area contributed by atoms with Gasteiger partial charge in [0.25, 0.3) is 5.91 Å². The Labute approximate surface area is 135 Å². The van der Waals surface area contributed by atoms with Gasteiger partial charge >= 0.3 is 6.18 Å². The highest BCUT2D eigenvalue weighted by molar-refractivity contribution is 7.17. The Morgan fingerprint density at radius 3 is 2.61 bits per heavy atom. The van der Waals surface area contributed by atoms with Crippen molar-refractivity contribution >= 4 is 33.3 Å². The number of fused-ring (bicyclic) bond motifs is 1. The van der Waals surface area contributed by atoms with Crippen molar-refractivity contribution in [1.82, 2.24) is 10.3 Å². The van der Waals surface area contributed by atoms with Gasteiger partial charge in [-0.15, -0.1) is 11.3 Å². The van der Waals surface area contributed by atoms with Crippen LogP contribution < -0.4 is 10.2 Å². The number of carbonyl (C=O) groups excluding carboxylic acids is 1. The molecule has 0 aromatic carbocycles. The summed E-state index contributed by atoms with van der Waals surface area (Å²) in [5.41, 5.74) is -0.398. The maximum absolute atomic E-state index is 13.4. The number of amides is 1. The van der Waals surface area contributed by atoms with Crippen LogP contribution in [-0.4, -0.2) is 31.0 Å². The van der Waals surface area contributed by atoms with Gasteiger partial charge in [-0.3, -0.25) is 4.79 Å². The molecule has 2 aromatic heterocycles. The van der Waals surface area contributed by atoms with Gasteiger partial charge in [-0.1, -0.05) is 0 Å². The van der Waals surface area contributed by atoms with Gasteiger partial charge in [0, 0.05) is 25.5 Å². The molecule has 23 heavy (non-hydrogen) atoms. The van der Waals surface area contributed by atoms with Crippen LogP contribution in [0.2, 0.25) is 0 Å². The van der Waals surface area contributed by atoms with Crippen molar-refractivity contribution in [2.45, 2.75) is 25.4 Å². The van der Waals surface area contributed by atoms with Crippen LogP contribution in [0.25, 0.3) is 10.2 Å². The van der Waals surface area contributed by atoms with Crippen molar-refractivity contribution in [3.63, 3.8) is 0 Å². The molecule has 124 valence electrons. The number of piperidine rings is 1. The highest BCUT2D eigenvalue weighted by atomic mass is 32.1. The first-order valence-electron chi connectivity index (χ1n) is 7.38. The monoisotopic (exact) mass is 343 g/mol. The molecule has 0 atom stereocenters. The summed E-state index contributed by atoms with van der Waals surface area (Å²) in [6, 6.07) is 1.11. The van der Waals surface area contributed by atoms with E-state index in [0.717, 1.165) is 36.7 Å². The zero-order valence-electron chi connectivity index (χ0n) is 12.5. The molecule has 1 aliphatic rings. The summed E-state index contributed by atoms with van der Waals surface area (Å²) < 4.78 is 40.3. The van der Waals surface area contributed by atoms with Crippen LogP contribution >= 0.6 is 11.3 Å². The number of carbonyl (C=O) groups is 1. The zero-order chi connectivity index (χ0) is 16.6. The summed E-state index contributed by atoms with van der Waals surface area (Å²) in [4.78, 5) is 18.1. The molecule has 0 radical (unpaired) electrons. The second kappa shape index (κ2) is 5.99. The van der Waals surface area contributed by atoms with Gasteiger partial charge in [0.05, 0.1) is 21.3 Å². The topological polar surface area (TPSA) is 45.2 Å². The Balaban J connectivity index is 2.19. The molecule has 4 nitrogen and oxygen atoms in total. The molecule has 2 aromatic rings. The number of hydrogen-bond donors (Lipinski definition) is 1. The molecule has 1 saturated heterocycles. The van der Waals surface area contributed by atoms with E-state index < -0.39 is 17.6 Å². The van der Waals surface area contributed by atoms with Gasteiger partial charge in [-0.05, 0) is 25.3 Å². The average Bonchev–Trinajstić information content (AvgIpc) is 2.97. The van der Waals surface area contributed by atoms with E-state index in [4.69, 9.17) is 0 Å². The van der Waals surface area contributed by atoms with E-state index in [9.17, 15) is 18.0 Å². The van der Waals surface area contributed by atoms with Crippen LogP contribution in [0.5, 0.6) is 0 Å². The smallest absolute Gasteiger partial charge is 0.357 e. The fourth-order valence-electron chi connectivity index (χ4n) is 2.79. The number of alkyl halides is 3. The highest BCUT2D eigenvalue weighted by Crippen LogP contribution is 2.40. The number of halogens is 3. The lowest BCUT2D eigenvalue weighted by molar-refractivity contribution is -0.136. The molecule has 3 heterocycles. The molecule has 0 saturated carbocycles. The Morgan fingerprint density at radius 1 is 1.30 bits per heavy atom. The summed E-state index contributed by atoms with van der Waals surface area (Å²) in [5, 5.41) is 3.89. The molecule has 0 spiro atoms. The van der Waals surface area contributed by atoms with E-state index in [2.05, 4.69) is 10.3 Å². The number of nitrogens with one attached hydrogen (secondary N) is 1. The van der Waals surface area contributed by atoms with E-state index in [1.165, 1.54) is 12.4 Å². The van der Waals surface area contributed by atoms with Crippen molar-refractivity contribution in [3.8, 4) is 0 Å². The van der Waals surface area contributed by atoms with Crippen LogP contribution in [0.15, 0.2) is 11.4 Å². The van der Waals surface area contributed by atoms with Crippen molar-refractivity contribution in [2.75, 3.05) is 25.0 Å². The molecule has 1 fully saturated rings. The van der Waals surface area contributed by atoms with Gasteiger partial charge in [0.2, 0.25) is 0 Å². The molecule has 0 unspecified atom stereocenters. The van der Waals surface area contributed by atoms with E-state index in [0.29, 0.717) is 18.9 Å². The molecular formula is C15H16F3N3OS. The maximum Gasteiger partial charge on any atom is 0.417 e. The van der Waals surface area contributed by atoms with Gasteiger partial charge in [0.1, 0.15) is 5.82 Å². The van der Waals surface area contributed by atoms with Gasteiger partial charge in [-0.25, -0.2) is 4.98 Å². The predicted molar refractivity (Wildman–Crippen MR) is 84.1 cm³/mol. The Hall–Kier alpha value is -1.83. The number of hydrogen-bond acceptors (Lipinski definition) is 4. The lowest BCUT2D eigenvalue weighted by Gasteiger charge is -2.28. The summed E-state index contributed by atoms with van der Waals surface area (Å²) in [6.07, 6.45) is -1.52. The minimum absolute atomic E-state index is 0.0110. The van der Waals surface area contributed by atoms with Gasteiger partial charge in [-0.2, -0.15) is 13.2 Å². The summed E-state index contributed by atoms with van der Waals surface area (Å²) in [6.45, 7) is 1.38. The molecular weight excluding hydrogens is 327 g/mol. The number of anilines is 1. The van der Waals surface area contributed by atoms with E-state index in [1.54, 1.807) is 0 Å². The van der Waals surface area contributed by atoms with Crippen LogP contribution in [-0.2, 0) is 6.18 Å². The Bertz CT molecular complexity index is 735. The fourth-order valence-corrected chi connectivity index (χ4v) is 3.81. The van der Waals surface area contributed by atoms with E-state index in [-0.39, 0.29) is 15.8 Å².